The molecule has 5 heteroatoms. The van der Waals surface area contributed by atoms with Gasteiger partial charge in [-0.1, -0.05) is 6.07 Å². The van der Waals surface area contributed by atoms with Crippen LogP contribution in [-0.2, 0) is 0 Å². The number of carbonyl (C=O) groups is 1. The second-order valence-electron chi connectivity index (χ2n) is 5.99. The number of likely N-dealkylation sites (tertiary alicyclic amines) is 1. The van der Waals surface area contributed by atoms with Crippen LogP contribution in [0.1, 0.15) is 28.1 Å². The van der Waals surface area contributed by atoms with Crippen LogP contribution in [0, 0.1) is 18.7 Å². The van der Waals surface area contributed by atoms with Gasteiger partial charge in [0.2, 0.25) is 0 Å². The van der Waals surface area contributed by atoms with E-state index in [1.807, 2.05) is 24.9 Å². The van der Waals surface area contributed by atoms with Gasteiger partial charge in [-0.25, -0.2) is 4.39 Å². The lowest BCUT2D eigenvalue weighted by atomic mass is 9.97. The second-order valence-corrected chi connectivity index (χ2v) is 7.04. The van der Waals surface area contributed by atoms with Crippen molar-refractivity contribution < 1.29 is 9.18 Å². The molecule has 0 radical (unpaired) electrons. The maximum Gasteiger partial charge on any atom is 0.264 e. The van der Waals surface area contributed by atoms with Gasteiger partial charge in [0.25, 0.3) is 5.91 Å². The van der Waals surface area contributed by atoms with Crippen LogP contribution in [0.25, 0.3) is 10.1 Å². The normalized spacial score (nSPS) is 18.9. The number of thiophene rings is 1. The van der Waals surface area contributed by atoms with Gasteiger partial charge in [-0.3, -0.25) is 4.79 Å². The highest BCUT2D eigenvalue weighted by Crippen LogP contribution is 2.34. The van der Waals surface area contributed by atoms with E-state index in [2.05, 4.69) is 5.32 Å². The van der Waals surface area contributed by atoms with Gasteiger partial charge in [0.15, 0.2) is 0 Å². The highest BCUT2D eigenvalue weighted by atomic mass is 32.1. The summed E-state index contributed by atoms with van der Waals surface area (Å²) in [4.78, 5) is 15.5. The summed E-state index contributed by atoms with van der Waals surface area (Å²) < 4.78 is 14.9. The van der Waals surface area contributed by atoms with E-state index in [1.165, 1.54) is 17.4 Å². The van der Waals surface area contributed by atoms with Crippen molar-refractivity contribution in [3.05, 3.63) is 34.5 Å². The minimum Gasteiger partial charge on any atom is -0.338 e. The highest BCUT2D eigenvalue weighted by molar-refractivity contribution is 7.21. The summed E-state index contributed by atoms with van der Waals surface area (Å²) in [5.41, 5.74) is 0.777. The fourth-order valence-electron chi connectivity index (χ4n) is 3.31. The van der Waals surface area contributed by atoms with E-state index < -0.39 is 0 Å². The minimum atomic E-state index is -0.239. The van der Waals surface area contributed by atoms with Crippen LogP contribution in [-0.4, -0.2) is 37.5 Å². The molecular formula is C17H21FN2OS. The summed E-state index contributed by atoms with van der Waals surface area (Å²) in [6, 6.07) is 5.04. The zero-order chi connectivity index (χ0) is 15.7. The lowest BCUT2D eigenvalue weighted by Gasteiger charge is -2.32. The van der Waals surface area contributed by atoms with Crippen molar-refractivity contribution in [3.8, 4) is 0 Å². The number of halogens is 1. The zero-order valence-electron chi connectivity index (χ0n) is 13.0. The van der Waals surface area contributed by atoms with Crippen LogP contribution in [0.15, 0.2) is 18.2 Å². The summed E-state index contributed by atoms with van der Waals surface area (Å²) in [7, 11) is 1.94. The number of nitrogens with one attached hydrogen (secondary N) is 1. The largest absolute Gasteiger partial charge is 0.338 e. The van der Waals surface area contributed by atoms with Crippen LogP contribution in [0.4, 0.5) is 4.39 Å². The van der Waals surface area contributed by atoms with Gasteiger partial charge in [-0.2, -0.15) is 0 Å². The predicted molar refractivity (Wildman–Crippen MR) is 89.1 cm³/mol. The molecule has 22 heavy (non-hydrogen) atoms. The van der Waals surface area contributed by atoms with Crippen molar-refractivity contribution in [2.75, 3.05) is 26.7 Å². The fourth-order valence-corrected chi connectivity index (χ4v) is 4.50. The summed E-state index contributed by atoms with van der Waals surface area (Å²) in [5, 5.41) is 3.79. The van der Waals surface area contributed by atoms with Crippen molar-refractivity contribution in [2.24, 2.45) is 5.92 Å². The molecule has 1 saturated heterocycles. The minimum absolute atomic E-state index is 0.0545. The third kappa shape index (κ3) is 2.75. The second kappa shape index (κ2) is 6.34. The first-order valence-electron chi connectivity index (χ1n) is 7.73. The van der Waals surface area contributed by atoms with Crippen molar-refractivity contribution in [3.63, 3.8) is 0 Å². The van der Waals surface area contributed by atoms with Gasteiger partial charge >= 0.3 is 0 Å². The molecule has 1 aliphatic rings. The van der Waals surface area contributed by atoms with E-state index in [0.717, 1.165) is 42.7 Å². The molecule has 1 amide bonds. The lowest BCUT2D eigenvalue weighted by Crippen LogP contribution is -2.42. The molecule has 0 unspecified atom stereocenters. The van der Waals surface area contributed by atoms with E-state index in [4.69, 9.17) is 0 Å². The molecule has 1 aromatic carbocycles. The van der Waals surface area contributed by atoms with Gasteiger partial charge in [0, 0.05) is 23.2 Å². The molecule has 2 aromatic rings. The van der Waals surface area contributed by atoms with E-state index in [0.29, 0.717) is 16.2 Å². The van der Waals surface area contributed by atoms with Gasteiger partial charge in [-0.15, -0.1) is 11.3 Å². The van der Waals surface area contributed by atoms with E-state index in [1.54, 1.807) is 6.07 Å². The number of rotatable bonds is 3. The number of hydrogen-bond donors (Lipinski definition) is 1. The summed E-state index contributed by atoms with van der Waals surface area (Å²) >= 11 is 1.41. The highest BCUT2D eigenvalue weighted by Gasteiger charge is 2.27. The summed E-state index contributed by atoms with van der Waals surface area (Å²) in [5.74, 6) is 0.324. The fraction of sp³-hybridized carbons (Fsp3) is 0.471. The first-order valence-corrected chi connectivity index (χ1v) is 8.55. The number of carbonyl (C=O) groups excluding carboxylic acids is 1. The molecule has 0 spiro atoms. The van der Waals surface area contributed by atoms with Gasteiger partial charge in [-0.05, 0) is 57.0 Å². The smallest absolute Gasteiger partial charge is 0.264 e. The van der Waals surface area contributed by atoms with E-state index >= 15 is 0 Å². The van der Waals surface area contributed by atoms with Crippen LogP contribution < -0.4 is 5.32 Å². The molecule has 1 atom stereocenters. The molecule has 1 aliphatic heterocycles. The number of piperidine rings is 1. The van der Waals surface area contributed by atoms with Crippen LogP contribution in [0.2, 0.25) is 0 Å². The molecule has 0 bridgehead atoms. The monoisotopic (exact) mass is 320 g/mol. The number of nitrogens with zero attached hydrogens (tertiary/aromatic N) is 1. The Morgan fingerprint density at radius 1 is 1.50 bits per heavy atom. The Hall–Kier alpha value is -1.46. The number of fused-ring (bicyclic) bond motifs is 1. The lowest BCUT2D eigenvalue weighted by molar-refractivity contribution is 0.0678. The Labute approximate surface area is 134 Å². The molecular weight excluding hydrogens is 299 g/mol. The molecule has 0 saturated carbocycles. The average Bonchev–Trinajstić information content (AvgIpc) is 2.85. The predicted octanol–water partition coefficient (Wildman–Crippen LogP) is 3.42. The molecule has 118 valence electrons. The SMILES string of the molecule is CNC[C@H]1CCCN(C(=O)c2sc3cccc(F)c3c2C)C1. The molecule has 0 aliphatic carbocycles. The number of amides is 1. The Bertz CT molecular complexity index is 695. The van der Waals surface area contributed by atoms with E-state index in [9.17, 15) is 9.18 Å². The first kappa shape index (κ1) is 15.4. The Morgan fingerprint density at radius 3 is 3.05 bits per heavy atom. The first-order chi connectivity index (χ1) is 10.6. The van der Waals surface area contributed by atoms with E-state index in [-0.39, 0.29) is 11.7 Å². The average molecular weight is 320 g/mol. The topological polar surface area (TPSA) is 32.3 Å². The maximum atomic E-state index is 14.0. The van der Waals surface area contributed by atoms with Gasteiger partial charge in [0.1, 0.15) is 5.82 Å². The van der Waals surface area contributed by atoms with Crippen LogP contribution >= 0.6 is 11.3 Å². The van der Waals surface area contributed by atoms with Crippen molar-refractivity contribution in [2.45, 2.75) is 19.8 Å². The molecule has 1 fully saturated rings. The quantitative estimate of drug-likeness (QED) is 0.940. The Kier molecular flexibility index (Phi) is 4.45. The van der Waals surface area contributed by atoms with Crippen molar-refractivity contribution in [1.82, 2.24) is 10.2 Å². The molecule has 2 heterocycles. The van der Waals surface area contributed by atoms with Gasteiger partial charge in [0.05, 0.1) is 4.88 Å². The Balaban J connectivity index is 1.89. The van der Waals surface area contributed by atoms with Crippen LogP contribution in [0.5, 0.6) is 0 Å². The standard InChI is InChI=1S/C17H21FN2OS/c1-11-15-13(18)6-3-7-14(15)22-16(11)17(21)20-8-4-5-12(10-20)9-19-2/h3,6-7,12,19H,4-5,8-10H2,1-2H3/t12-/m1/s1. The molecule has 1 N–H and O–H groups in total. The number of benzene rings is 1. The number of aryl methyl sites for hydroxylation is 1. The van der Waals surface area contributed by atoms with Crippen LogP contribution in [0.3, 0.4) is 0 Å². The third-order valence-corrected chi connectivity index (χ3v) is 5.64. The Morgan fingerprint density at radius 2 is 2.32 bits per heavy atom. The number of hydrogen-bond acceptors (Lipinski definition) is 3. The molecule has 3 nitrogen and oxygen atoms in total. The summed E-state index contributed by atoms with van der Waals surface area (Å²) in [6.07, 6.45) is 2.20. The zero-order valence-corrected chi connectivity index (χ0v) is 13.8. The van der Waals surface area contributed by atoms with Crippen molar-refractivity contribution in [1.29, 1.82) is 0 Å². The molecule has 3 rings (SSSR count). The maximum absolute atomic E-state index is 14.0. The van der Waals surface area contributed by atoms with Crippen molar-refractivity contribution >= 4 is 27.3 Å². The third-order valence-electron chi connectivity index (χ3n) is 4.40. The molecule has 1 aromatic heterocycles. The summed E-state index contributed by atoms with van der Waals surface area (Å²) in [6.45, 7) is 4.37. The van der Waals surface area contributed by atoms with Gasteiger partial charge < -0.3 is 10.2 Å².